The Hall–Kier alpha value is -2.79. The zero-order chi connectivity index (χ0) is 18.2. The summed E-state index contributed by atoms with van der Waals surface area (Å²) in [5, 5.41) is 11.8. The molecule has 3 rings (SSSR count). The third-order valence-corrected chi connectivity index (χ3v) is 4.36. The molecule has 0 amide bonds. The van der Waals surface area contributed by atoms with Crippen LogP contribution in [-0.2, 0) is 13.0 Å². The number of para-hydroxylation sites is 1. The van der Waals surface area contributed by atoms with E-state index >= 15 is 0 Å². The van der Waals surface area contributed by atoms with Crippen LogP contribution in [0.15, 0.2) is 72.0 Å². The van der Waals surface area contributed by atoms with Gasteiger partial charge in [-0.1, -0.05) is 48.0 Å². The third-order valence-electron chi connectivity index (χ3n) is 3.99. The van der Waals surface area contributed by atoms with Gasteiger partial charge in [0.2, 0.25) is 0 Å². The molecule has 0 radical (unpaired) electrons. The molecule has 5 nitrogen and oxygen atoms in total. The summed E-state index contributed by atoms with van der Waals surface area (Å²) in [5.74, 6) is 0.750. The van der Waals surface area contributed by atoms with Crippen LogP contribution in [0.2, 0.25) is 5.02 Å². The number of guanidine groups is 1. The number of aliphatic imine (C=N–C) groups is 1. The van der Waals surface area contributed by atoms with E-state index in [4.69, 9.17) is 11.6 Å². The fraction of sp³-hybridized carbons (Fsp3) is 0.200. The Labute approximate surface area is 158 Å². The summed E-state index contributed by atoms with van der Waals surface area (Å²) >= 11 is 6.18. The van der Waals surface area contributed by atoms with Crippen LogP contribution in [0.25, 0.3) is 5.69 Å². The average molecular weight is 368 g/mol. The highest BCUT2D eigenvalue weighted by molar-refractivity contribution is 6.31. The lowest BCUT2D eigenvalue weighted by molar-refractivity contribution is 0.794. The van der Waals surface area contributed by atoms with Gasteiger partial charge in [0.25, 0.3) is 0 Å². The van der Waals surface area contributed by atoms with E-state index in [-0.39, 0.29) is 0 Å². The van der Waals surface area contributed by atoms with Crippen LogP contribution >= 0.6 is 11.6 Å². The van der Waals surface area contributed by atoms with Crippen molar-refractivity contribution in [3.8, 4) is 5.69 Å². The van der Waals surface area contributed by atoms with Crippen molar-refractivity contribution in [2.75, 3.05) is 13.6 Å². The lowest BCUT2D eigenvalue weighted by Gasteiger charge is -2.12. The SMILES string of the molecule is CN=C(NCCc1cnn(-c2ccccc2)c1)NCc1ccccc1Cl. The predicted molar refractivity (Wildman–Crippen MR) is 107 cm³/mol. The van der Waals surface area contributed by atoms with Crippen LogP contribution in [0.1, 0.15) is 11.1 Å². The maximum absolute atomic E-state index is 6.18. The van der Waals surface area contributed by atoms with E-state index in [1.165, 1.54) is 5.56 Å². The first kappa shape index (κ1) is 18.0. The first-order valence-corrected chi connectivity index (χ1v) is 8.91. The molecule has 1 heterocycles. The molecule has 0 saturated carbocycles. The van der Waals surface area contributed by atoms with Gasteiger partial charge in [0.15, 0.2) is 5.96 Å². The highest BCUT2D eigenvalue weighted by Gasteiger charge is 2.03. The van der Waals surface area contributed by atoms with Crippen LogP contribution in [0.4, 0.5) is 0 Å². The predicted octanol–water partition coefficient (Wildman–Crippen LogP) is 3.43. The molecule has 2 aromatic carbocycles. The summed E-state index contributed by atoms with van der Waals surface area (Å²) in [6, 6.07) is 17.9. The smallest absolute Gasteiger partial charge is 0.191 e. The molecule has 26 heavy (non-hydrogen) atoms. The fourth-order valence-electron chi connectivity index (χ4n) is 2.58. The molecule has 6 heteroatoms. The number of hydrogen-bond acceptors (Lipinski definition) is 2. The molecule has 0 aliphatic heterocycles. The number of halogens is 1. The molecule has 1 aromatic heterocycles. The second-order valence-corrected chi connectivity index (χ2v) is 6.23. The van der Waals surface area contributed by atoms with Gasteiger partial charge in [-0.25, -0.2) is 4.68 Å². The summed E-state index contributed by atoms with van der Waals surface area (Å²) in [6.45, 7) is 1.40. The summed E-state index contributed by atoms with van der Waals surface area (Å²) in [6.07, 6.45) is 4.81. The molecule has 0 aliphatic rings. The highest BCUT2D eigenvalue weighted by atomic mass is 35.5. The lowest BCUT2D eigenvalue weighted by Crippen LogP contribution is -2.37. The van der Waals surface area contributed by atoms with Crippen molar-refractivity contribution < 1.29 is 0 Å². The Balaban J connectivity index is 1.48. The number of benzene rings is 2. The minimum Gasteiger partial charge on any atom is -0.356 e. The molecule has 0 fully saturated rings. The highest BCUT2D eigenvalue weighted by Crippen LogP contribution is 2.14. The Morgan fingerprint density at radius 1 is 1.08 bits per heavy atom. The van der Waals surface area contributed by atoms with Gasteiger partial charge in [-0.15, -0.1) is 0 Å². The van der Waals surface area contributed by atoms with Gasteiger partial charge < -0.3 is 10.6 Å². The molecular weight excluding hydrogens is 346 g/mol. The van der Waals surface area contributed by atoms with Crippen molar-refractivity contribution in [3.63, 3.8) is 0 Å². The largest absolute Gasteiger partial charge is 0.356 e. The summed E-state index contributed by atoms with van der Waals surface area (Å²) in [7, 11) is 1.76. The standard InChI is InChI=1S/C20H22ClN5/c1-22-20(24-14-17-7-5-6-10-19(17)21)23-12-11-16-13-25-26(15-16)18-8-3-2-4-9-18/h2-10,13,15H,11-12,14H2,1H3,(H2,22,23,24). The minimum atomic E-state index is 0.630. The van der Waals surface area contributed by atoms with Gasteiger partial charge in [0, 0.05) is 31.4 Å². The molecule has 0 unspecified atom stereocenters. The van der Waals surface area contributed by atoms with E-state index in [0.29, 0.717) is 6.54 Å². The first-order chi connectivity index (χ1) is 12.8. The number of rotatable bonds is 6. The number of nitrogens with zero attached hydrogens (tertiary/aromatic N) is 3. The van der Waals surface area contributed by atoms with Crippen molar-refractivity contribution in [1.29, 1.82) is 0 Å². The van der Waals surface area contributed by atoms with Crippen molar-refractivity contribution in [2.24, 2.45) is 4.99 Å². The van der Waals surface area contributed by atoms with Crippen molar-refractivity contribution >= 4 is 17.6 Å². The van der Waals surface area contributed by atoms with Crippen LogP contribution in [0.5, 0.6) is 0 Å². The van der Waals surface area contributed by atoms with Crippen molar-refractivity contribution in [2.45, 2.75) is 13.0 Å². The van der Waals surface area contributed by atoms with Gasteiger partial charge in [0.05, 0.1) is 11.9 Å². The second kappa shape index (κ2) is 9.06. The molecule has 3 aromatic rings. The molecule has 0 spiro atoms. The Kier molecular flexibility index (Phi) is 6.28. The van der Waals surface area contributed by atoms with Crippen LogP contribution in [0, 0.1) is 0 Å². The number of aromatic nitrogens is 2. The maximum atomic E-state index is 6.18. The molecule has 0 aliphatic carbocycles. The summed E-state index contributed by atoms with van der Waals surface area (Å²) < 4.78 is 1.89. The van der Waals surface area contributed by atoms with Crippen molar-refractivity contribution in [3.05, 3.63) is 83.1 Å². The van der Waals surface area contributed by atoms with E-state index in [0.717, 1.165) is 35.2 Å². The van der Waals surface area contributed by atoms with Gasteiger partial charge in [0.1, 0.15) is 0 Å². The quantitative estimate of drug-likeness (QED) is 0.518. The maximum Gasteiger partial charge on any atom is 0.191 e. The monoisotopic (exact) mass is 367 g/mol. The Bertz CT molecular complexity index is 857. The van der Waals surface area contributed by atoms with Crippen LogP contribution < -0.4 is 10.6 Å². The first-order valence-electron chi connectivity index (χ1n) is 8.53. The molecule has 0 saturated heterocycles. The molecule has 0 atom stereocenters. The van der Waals surface area contributed by atoms with E-state index in [1.54, 1.807) is 7.05 Å². The van der Waals surface area contributed by atoms with E-state index < -0.39 is 0 Å². The average Bonchev–Trinajstić information content (AvgIpc) is 3.15. The molecule has 0 bridgehead atoms. The van der Waals surface area contributed by atoms with Crippen LogP contribution in [-0.4, -0.2) is 29.3 Å². The summed E-state index contributed by atoms with van der Waals surface area (Å²) in [4.78, 5) is 4.25. The van der Waals surface area contributed by atoms with Gasteiger partial charge in [-0.2, -0.15) is 5.10 Å². The zero-order valence-corrected chi connectivity index (χ0v) is 15.4. The molecule has 2 N–H and O–H groups in total. The Morgan fingerprint density at radius 3 is 2.62 bits per heavy atom. The van der Waals surface area contributed by atoms with Gasteiger partial charge >= 0.3 is 0 Å². The molecule has 134 valence electrons. The Morgan fingerprint density at radius 2 is 1.85 bits per heavy atom. The van der Waals surface area contributed by atoms with E-state index in [2.05, 4.69) is 26.9 Å². The minimum absolute atomic E-state index is 0.630. The molecular formula is C20H22ClN5. The van der Waals surface area contributed by atoms with Crippen molar-refractivity contribution in [1.82, 2.24) is 20.4 Å². The zero-order valence-electron chi connectivity index (χ0n) is 14.7. The normalized spacial score (nSPS) is 11.4. The number of hydrogen-bond donors (Lipinski definition) is 2. The van der Waals surface area contributed by atoms with E-state index in [1.807, 2.05) is 65.5 Å². The number of nitrogens with one attached hydrogen (secondary N) is 2. The topological polar surface area (TPSA) is 54.2 Å². The van der Waals surface area contributed by atoms with E-state index in [9.17, 15) is 0 Å². The van der Waals surface area contributed by atoms with Crippen LogP contribution in [0.3, 0.4) is 0 Å². The lowest BCUT2D eigenvalue weighted by atomic mass is 10.2. The second-order valence-electron chi connectivity index (χ2n) is 5.82. The fourth-order valence-corrected chi connectivity index (χ4v) is 2.78. The summed E-state index contributed by atoms with van der Waals surface area (Å²) in [5.41, 5.74) is 3.27. The third kappa shape index (κ3) is 4.86. The van der Waals surface area contributed by atoms with Gasteiger partial charge in [-0.05, 0) is 35.7 Å². The van der Waals surface area contributed by atoms with Gasteiger partial charge in [-0.3, -0.25) is 4.99 Å².